The maximum Gasteiger partial charge on any atom is 0.243 e. The molecule has 0 aliphatic carbocycles. The average Bonchev–Trinajstić information content (AvgIpc) is 2.70. The third kappa shape index (κ3) is 10.6. The number of nitrogens with two attached hydrogens (primary N) is 1. The Bertz CT molecular complexity index is 720. The van der Waals surface area contributed by atoms with Crippen molar-refractivity contribution in [3.05, 3.63) is 0 Å². The Morgan fingerprint density at radius 1 is 1.30 bits per heavy atom. The van der Waals surface area contributed by atoms with Crippen LogP contribution in [0, 0.1) is 0 Å². The highest BCUT2D eigenvalue weighted by molar-refractivity contribution is 5.92. The molecule has 0 spiro atoms. The number of aliphatic imine (C=N–C) groups is 1. The largest absolute Gasteiger partial charge is 0.374 e. The number of carbonyl (C=O) groups excluding carboxylic acids is 3. The number of hydrogen-bond donors (Lipinski definition) is 5. The molecule has 1 saturated heterocycles. The zero-order valence-electron chi connectivity index (χ0n) is 20.6. The summed E-state index contributed by atoms with van der Waals surface area (Å²) in [6, 6.07) is -1.83. The molecule has 12 nitrogen and oxygen atoms in total. The molecular formula is C21H40N8O4. The minimum absolute atomic E-state index is 0.0852. The van der Waals surface area contributed by atoms with Crippen molar-refractivity contribution in [3.63, 3.8) is 0 Å². The van der Waals surface area contributed by atoms with Gasteiger partial charge in [-0.15, -0.1) is 0 Å². The molecule has 0 bridgehead atoms. The van der Waals surface area contributed by atoms with Crippen LogP contribution in [0.2, 0.25) is 0 Å². The predicted octanol–water partition coefficient (Wildman–Crippen LogP) is -1.09. The molecule has 0 saturated carbocycles. The van der Waals surface area contributed by atoms with E-state index in [2.05, 4.69) is 31.5 Å². The van der Waals surface area contributed by atoms with Gasteiger partial charge < -0.3 is 31.3 Å². The van der Waals surface area contributed by atoms with Crippen LogP contribution in [0.5, 0.6) is 0 Å². The molecular weight excluding hydrogens is 428 g/mol. The zero-order chi connectivity index (χ0) is 25.0. The van der Waals surface area contributed by atoms with E-state index >= 15 is 0 Å². The SMILES string of the molecule is CN=C(NC)NCCCC(/C=N/NC(C)=O)NC(=O)C1CCN1C(=O)C(N)COC(C)(C)C. The number of ether oxygens (including phenoxy) is 1. The molecule has 188 valence electrons. The normalized spacial score (nSPS) is 18.3. The first kappa shape index (κ1) is 28.3. The van der Waals surface area contributed by atoms with Gasteiger partial charge in [-0.3, -0.25) is 19.4 Å². The van der Waals surface area contributed by atoms with Crippen LogP contribution in [-0.2, 0) is 19.1 Å². The molecule has 1 aliphatic rings. The number of guanidine groups is 1. The van der Waals surface area contributed by atoms with Crippen molar-refractivity contribution in [2.75, 3.05) is 33.8 Å². The monoisotopic (exact) mass is 468 g/mol. The molecule has 1 fully saturated rings. The standard InChI is InChI=1S/C21H40N8O4/c1-14(30)28-26-12-15(8-7-10-25-20(23-5)24-6)27-18(31)17-9-11-29(17)19(32)16(22)13-33-21(2,3)4/h12,15-17H,7-11,13,22H2,1-6H3,(H,27,31)(H,28,30)(H2,23,24,25)/b26-12+. The first-order valence-electron chi connectivity index (χ1n) is 11.2. The Morgan fingerprint density at radius 2 is 2.00 bits per heavy atom. The molecule has 1 aliphatic heterocycles. The van der Waals surface area contributed by atoms with Gasteiger partial charge in [-0.2, -0.15) is 5.10 Å². The Labute approximate surface area is 196 Å². The van der Waals surface area contributed by atoms with Gasteiger partial charge >= 0.3 is 0 Å². The van der Waals surface area contributed by atoms with E-state index in [1.165, 1.54) is 18.0 Å². The molecule has 1 heterocycles. The molecule has 6 N–H and O–H groups in total. The first-order chi connectivity index (χ1) is 15.5. The zero-order valence-corrected chi connectivity index (χ0v) is 20.6. The summed E-state index contributed by atoms with van der Waals surface area (Å²) >= 11 is 0. The Hall–Kier alpha value is -2.73. The van der Waals surface area contributed by atoms with Crippen LogP contribution < -0.4 is 27.1 Å². The van der Waals surface area contributed by atoms with Crippen LogP contribution in [0.3, 0.4) is 0 Å². The van der Waals surface area contributed by atoms with Crippen LogP contribution in [-0.4, -0.2) is 92.3 Å². The van der Waals surface area contributed by atoms with Crippen molar-refractivity contribution in [2.24, 2.45) is 15.8 Å². The van der Waals surface area contributed by atoms with Gasteiger partial charge in [0, 0.05) is 40.3 Å². The number of rotatable bonds is 11. The highest BCUT2D eigenvalue weighted by Crippen LogP contribution is 2.19. The number of amides is 3. The third-order valence-electron chi connectivity index (χ3n) is 4.87. The maximum atomic E-state index is 12.9. The Kier molecular flexibility index (Phi) is 11.8. The molecule has 3 atom stereocenters. The highest BCUT2D eigenvalue weighted by atomic mass is 16.5. The van der Waals surface area contributed by atoms with E-state index in [-0.39, 0.29) is 24.3 Å². The van der Waals surface area contributed by atoms with E-state index in [1.54, 1.807) is 14.1 Å². The number of nitrogens with one attached hydrogen (secondary N) is 4. The summed E-state index contributed by atoms with van der Waals surface area (Å²) in [5, 5.41) is 12.9. The van der Waals surface area contributed by atoms with E-state index in [0.29, 0.717) is 38.3 Å². The van der Waals surface area contributed by atoms with Gasteiger partial charge in [0.2, 0.25) is 17.7 Å². The van der Waals surface area contributed by atoms with E-state index in [1.807, 2.05) is 20.8 Å². The van der Waals surface area contributed by atoms with Gasteiger partial charge in [0.1, 0.15) is 12.1 Å². The minimum atomic E-state index is -0.829. The summed E-state index contributed by atoms with van der Waals surface area (Å²) in [6.07, 6.45) is 3.32. The van der Waals surface area contributed by atoms with Crippen LogP contribution in [0.15, 0.2) is 10.1 Å². The number of hydrazone groups is 1. The lowest BCUT2D eigenvalue weighted by molar-refractivity contribution is -0.150. The molecule has 0 aromatic carbocycles. The van der Waals surface area contributed by atoms with Gasteiger partial charge in [-0.05, 0) is 40.0 Å². The van der Waals surface area contributed by atoms with E-state index < -0.39 is 23.7 Å². The molecule has 33 heavy (non-hydrogen) atoms. The van der Waals surface area contributed by atoms with Crippen LogP contribution in [0.1, 0.15) is 47.0 Å². The summed E-state index contributed by atoms with van der Waals surface area (Å²) in [5.41, 5.74) is 7.92. The Morgan fingerprint density at radius 3 is 2.52 bits per heavy atom. The molecule has 3 unspecified atom stereocenters. The van der Waals surface area contributed by atoms with Crippen LogP contribution >= 0.6 is 0 Å². The van der Waals surface area contributed by atoms with Crippen molar-refractivity contribution in [1.82, 2.24) is 26.3 Å². The van der Waals surface area contributed by atoms with E-state index in [4.69, 9.17) is 10.5 Å². The van der Waals surface area contributed by atoms with E-state index in [9.17, 15) is 14.4 Å². The fourth-order valence-electron chi connectivity index (χ4n) is 3.04. The van der Waals surface area contributed by atoms with Crippen molar-refractivity contribution < 1.29 is 19.1 Å². The van der Waals surface area contributed by atoms with Gasteiger partial charge in [-0.25, -0.2) is 5.43 Å². The molecule has 0 aromatic rings. The molecule has 0 aromatic heterocycles. The highest BCUT2D eigenvalue weighted by Gasteiger charge is 2.40. The minimum Gasteiger partial charge on any atom is -0.374 e. The second-order valence-corrected chi connectivity index (χ2v) is 8.82. The quantitative estimate of drug-likeness (QED) is 0.111. The third-order valence-corrected chi connectivity index (χ3v) is 4.87. The Balaban J connectivity index is 2.66. The van der Waals surface area contributed by atoms with Crippen LogP contribution in [0.4, 0.5) is 0 Å². The molecule has 0 radical (unpaired) electrons. The lowest BCUT2D eigenvalue weighted by atomic mass is 9.99. The van der Waals surface area contributed by atoms with Crippen molar-refractivity contribution >= 4 is 29.9 Å². The van der Waals surface area contributed by atoms with Gasteiger partial charge in [0.15, 0.2) is 5.96 Å². The van der Waals surface area contributed by atoms with Gasteiger partial charge in [0.25, 0.3) is 0 Å². The number of carbonyl (C=O) groups is 3. The second-order valence-electron chi connectivity index (χ2n) is 8.82. The summed E-state index contributed by atoms with van der Waals surface area (Å²) in [4.78, 5) is 42.1. The van der Waals surface area contributed by atoms with Crippen LogP contribution in [0.25, 0.3) is 0 Å². The van der Waals surface area contributed by atoms with Crippen molar-refractivity contribution in [2.45, 2.75) is 70.7 Å². The summed E-state index contributed by atoms with van der Waals surface area (Å²) in [6.45, 7) is 8.19. The predicted molar refractivity (Wildman–Crippen MR) is 128 cm³/mol. The van der Waals surface area contributed by atoms with Gasteiger partial charge in [0.05, 0.1) is 18.2 Å². The van der Waals surface area contributed by atoms with Crippen molar-refractivity contribution in [1.29, 1.82) is 0 Å². The van der Waals surface area contributed by atoms with Crippen molar-refractivity contribution in [3.8, 4) is 0 Å². The number of nitrogens with zero attached hydrogens (tertiary/aromatic N) is 3. The number of likely N-dealkylation sites (tertiary alicyclic amines) is 1. The first-order valence-corrected chi connectivity index (χ1v) is 11.2. The topological polar surface area (TPSA) is 163 Å². The molecule has 3 amide bonds. The fraction of sp³-hybridized carbons (Fsp3) is 0.762. The summed E-state index contributed by atoms with van der Waals surface area (Å²) < 4.78 is 5.60. The molecule has 12 heteroatoms. The smallest absolute Gasteiger partial charge is 0.243 e. The maximum absolute atomic E-state index is 12.9. The second kappa shape index (κ2) is 13.7. The van der Waals surface area contributed by atoms with E-state index in [0.717, 1.165) is 0 Å². The fourth-order valence-corrected chi connectivity index (χ4v) is 3.04. The number of hydrogen-bond acceptors (Lipinski definition) is 7. The molecule has 1 rings (SSSR count). The summed E-state index contributed by atoms with van der Waals surface area (Å²) in [7, 11) is 3.44. The lowest BCUT2D eigenvalue weighted by Gasteiger charge is -2.41. The lowest BCUT2D eigenvalue weighted by Crippen LogP contribution is -2.63. The van der Waals surface area contributed by atoms with Gasteiger partial charge in [-0.1, -0.05) is 0 Å². The average molecular weight is 469 g/mol. The summed E-state index contributed by atoms with van der Waals surface area (Å²) in [5.74, 6) is -0.232.